The lowest BCUT2D eigenvalue weighted by Crippen LogP contribution is -2.42. The van der Waals surface area contributed by atoms with Crippen LogP contribution in [-0.4, -0.2) is 11.8 Å². The van der Waals surface area contributed by atoms with Crippen molar-refractivity contribution in [3.63, 3.8) is 0 Å². The molecule has 0 aromatic rings. The Morgan fingerprint density at radius 3 is 2.21 bits per heavy atom. The molecule has 0 aliphatic heterocycles. The van der Waals surface area contributed by atoms with Gasteiger partial charge in [-0.2, -0.15) is 13.2 Å². The lowest BCUT2D eigenvalue weighted by molar-refractivity contribution is -0.221. The van der Waals surface area contributed by atoms with Crippen LogP contribution in [0.1, 0.15) is 6.42 Å². The zero-order valence-electron chi connectivity index (χ0n) is 6.43. The summed E-state index contributed by atoms with van der Waals surface area (Å²) in [6, 6.07) is 0. The summed E-state index contributed by atoms with van der Waals surface area (Å²) in [5, 5.41) is -0.847. The molecule has 0 fully saturated rings. The van der Waals surface area contributed by atoms with Gasteiger partial charge < -0.3 is 0 Å². The van der Waals surface area contributed by atoms with E-state index < -0.39 is 35.0 Å². The van der Waals surface area contributed by atoms with Gasteiger partial charge in [0.1, 0.15) is 0 Å². The van der Waals surface area contributed by atoms with E-state index >= 15 is 0 Å². The van der Waals surface area contributed by atoms with Crippen LogP contribution in [0.5, 0.6) is 0 Å². The van der Waals surface area contributed by atoms with Gasteiger partial charge in [-0.1, -0.05) is 17.7 Å². The van der Waals surface area contributed by atoms with Crippen LogP contribution in [0.15, 0.2) is 22.8 Å². The Labute approximate surface area is 79.8 Å². The molecule has 0 aromatic heterocycles. The molecule has 0 bridgehead atoms. The van der Waals surface area contributed by atoms with Crippen molar-refractivity contribution >= 4 is 11.6 Å². The molecule has 0 N–H and O–H groups in total. The quantitative estimate of drug-likeness (QED) is 0.559. The number of halogens is 7. The average Bonchev–Trinajstić information content (AvgIpc) is 2.06. The van der Waals surface area contributed by atoms with E-state index in [1.165, 1.54) is 0 Å². The maximum absolute atomic E-state index is 13.0. The van der Waals surface area contributed by atoms with Crippen LogP contribution < -0.4 is 0 Å². The first kappa shape index (κ1) is 11.4. The fraction of sp³-hybridized carbons (Fsp3) is 0.429. The third kappa shape index (κ3) is 1.51. The molecule has 0 spiro atoms. The molecule has 1 aliphatic rings. The van der Waals surface area contributed by atoms with Crippen LogP contribution in [0.4, 0.5) is 26.3 Å². The Morgan fingerprint density at radius 1 is 1.29 bits per heavy atom. The second-order valence-corrected chi connectivity index (χ2v) is 3.09. The molecule has 14 heavy (non-hydrogen) atoms. The van der Waals surface area contributed by atoms with Gasteiger partial charge in [0.15, 0.2) is 11.7 Å². The fourth-order valence-electron chi connectivity index (χ4n) is 0.928. The van der Waals surface area contributed by atoms with Crippen molar-refractivity contribution in [2.24, 2.45) is 0 Å². The third-order valence-electron chi connectivity index (χ3n) is 1.76. The molecule has 1 unspecified atom stereocenters. The van der Waals surface area contributed by atoms with Crippen LogP contribution in [-0.2, 0) is 0 Å². The van der Waals surface area contributed by atoms with E-state index in [2.05, 4.69) is 0 Å². The summed E-state index contributed by atoms with van der Waals surface area (Å²) in [5.74, 6) is -4.52. The molecule has 0 aromatic carbocycles. The summed E-state index contributed by atoms with van der Waals surface area (Å²) in [7, 11) is 0. The zero-order valence-corrected chi connectivity index (χ0v) is 7.19. The smallest absolute Gasteiger partial charge is 0.225 e. The second kappa shape index (κ2) is 3.18. The lowest BCUT2D eigenvalue weighted by atomic mass is 9.94. The summed E-state index contributed by atoms with van der Waals surface area (Å²) in [6.07, 6.45) is -6.40. The summed E-state index contributed by atoms with van der Waals surface area (Å²) in [4.78, 5) is 0. The molecule has 0 saturated carbocycles. The highest BCUT2D eigenvalue weighted by Crippen LogP contribution is 2.48. The third-order valence-corrected chi connectivity index (χ3v) is 2.08. The first-order valence-electron chi connectivity index (χ1n) is 3.37. The van der Waals surface area contributed by atoms with Gasteiger partial charge in [-0.3, -0.25) is 0 Å². The van der Waals surface area contributed by atoms with Crippen molar-refractivity contribution < 1.29 is 26.3 Å². The van der Waals surface area contributed by atoms with Crippen LogP contribution in [0, 0.1) is 0 Å². The summed E-state index contributed by atoms with van der Waals surface area (Å²) in [6.45, 7) is 0. The van der Waals surface area contributed by atoms with E-state index in [1.54, 1.807) is 0 Å². The topological polar surface area (TPSA) is 0 Å². The summed E-state index contributed by atoms with van der Waals surface area (Å²) in [5.41, 5.74) is -4.30. The standard InChI is InChI=1S/C7H3ClF6/c8-3-1-2-6(11,7(12,13)14)5(10)4(3)9/h1H,2H2. The van der Waals surface area contributed by atoms with E-state index in [9.17, 15) is 26.3 Å². The molecule has 0 nitrogen and oxygen atoms in total. The van der Waals surface area contributed by atoms with Gasteiger partial charge in [-0.15, -0.1) is 0 Å². The Bertz CT molecular complexity index is 315. The summed E-state index contributed by atoms with van der Waals surface area (Å²) >= 11 is 4.99. The van der Waals surface area contributed by atoms with Crippen LogP contribution >= 0.6 is 11.6 Å². The SMILES string of the molecule is FC1=C(F)C(F)(C(F)(F)F)CC=C1Cl. The molecule has 7 heteroatoms. The van der Waals surface area contributed by atoms with E-state index in [-0.39, 0.29) is 0 Å². The minimum atomic E-state index is -5.50. The lowest BCUT2D eigenvalue weighted by Gasteiger charge is -2.27. The fourth-order valence-corrected chi connectivity index (χ4v) is 1.09. The van der Waals surface area contributed by atoms with E-state index in [4.69, 9.17) is 11.6 Å². The highest BCUT2D eigenvalue weighted by atomic mass is 35.5. The first-order chi connectivity index (χ1) is 6.20. The summed E-state index contributed by atoms with van der Waals surface area (Å²) < 4.78 is 74.2. The van der Waals surface area contributed by atoms with Gasteiger partial charge >= 0.3 is 6.18 Å². The number of rotatable bonds is 0. The van der Waals surface area contributed by atoms with Gasteiger partial charge in [0.25, 0.3) is 5.67 Å². The number of allylic oxidation sites excluding steroid dienone is 4. The Kier molecular flexibility index (Phi) is 2.60. The number of hydrogen-bond donors (Lipinski definition) is 0. The molecule has 80 valence electrons. The predicted octanol–water partition coefficient (Wildman–Crippen LogP) is 3.93. The van der Waals surface area contributed by atoms with E-state index in [1.807, 2.05) is 0 Å². The largest absolute Gasteiger partial charge is 0.429 e. The Morgan fingerprint density at radius 2 is 1.79 bits per heavy atom. The van der Waals surface area contributed by atoms with Crippen LogP contribution in [0.3, 0.4) is 0 Å². The number of hydrogen-bond acceptors (Lipinski definition) is 0. The monoisotopic (exact) mass is 236 g/mol. The highest BCUT2D eigenvalue weighted by molar-refractivity contribution is 6.31. The number of alkyl halides is 4. The van der Waals surface area contributed by atoms with Gasteiger partial charge in [0, 0.05) is 6.42 Å². The molecule has 1 atom stereocenters. The van der Waals surface area contributed by atoms with Crippen LogP contribution in [0.2, 0.25) is 0 Å². The predicted molar refractivity (Wildman–Crippen MR) is 37.7 cm³/mol. The molecule has 1 aliphatic carbocycles. The van der Waals surface area contributed by atoms with Gasteiger partial charge in [-0.25, -0.2) is 13.2 Å². The van der Waals surface area contributed by atoms with E-state index in [0.717, 1.165) is 0 Å². The van der Waals surface area contributed by atoms with Crippen molar-refractivity contribution in [2.45, 2.75) is 18.3 Å². The van der Waals surface area contributed by atoms with Gasteiger partial charge in [0.05, 0.1) is 5.03 Å². The minimum absolute atomic E-state index is 0.452. The second-order valence-electron chi connectivity index (χ2n) is 2.68. The zero-order chi connectivity index (χ0) is 11.1. The minimum Gasteiger partial charge on any atom is -0.225 e. The maximum Gasteiger partial charge on any atom is 0.429 e. The average molecular weight is 237 g/mol. The van der Waals surface area contributed by atoms with Crippen molar-refractivity contribution in [1.29, 1.82) is 0 Å². The molecular formula is C7H3ClF6. The van der Waals surface area contributed by atoms with Crippen molar-refractivity contribution in [1.82, 2.24) is 0 Å². The van der Waals surface area contributed by atoms with Gasteiger partial charge in [0.2, 0.25) is 0 Å². The molecular weight excluding hydrogens is 234 g/mol. The molecule has 0 radical (unpaired) electrons. The molecule has 0 amide bonds. The Hall–Kier alpha value is -0.650. The van der Waals surface area contributed by atoms with Crippen molar-refractivity contribution in [3.8, 4) is 0 Å². The highest BCUT2D eigenvalue weighted by Gasteiger charge is 2.61. The maximum atomic E-state index is 13.0. The molecule has 1 rings (SSSR count). The van der Waals surface area contributed by atoms with Crippen molar-refractivity contribution in [2.75, 3.05) is 0 Å². The molecule has 0 heterocycles. The van der Waals surface area contributed by atoms with Crippen LogP contribution in [0.25, 0.3) is 0 Å². The first-order valence-corrected chi connectivity index (χ1v) is 3.75. The normalized spacial score (nSPS) is 29.2. The van der Waals surface area contributed by atoms with Crippen molar-refractivity contribution in [3.05, 3.63) is 22.8 Å². The van der Waals surface area contributed by atoms with Gasteiger partial charge in [-0.05, 0) is 0 Å². The Balaban J connectivity index is 3.21. The van der Waals surface area contributed by atoms with E-state index in [0.29, 0.717) is 6.08 Å². The molecule has 0 saturated heterocycles.